The number of carbonyl (C=O) groups is 1. The Morgan fingerprint density at radius 3 is 3.15 bits per heavy atom. The van der Waals surface area contributed by atoms with E-state index in [1.165, 1.54) is 0 Å². The van der Waals surface area contributed by atoms with E-state index < -0.39 is 0 Å². The molecule has 1 aromatic heterocycles. The van der Waals surface area contributed by atoms with Crippen LogP contribution >= 0.6 is 0 Å². The van der Waals surface area contributed by atoms with Gasteiger partial charge in [-0.3, -0.25) is 9.69 Å². The molecule has 0 bridgehead atoms. The number of carbonyl (C=O) groups excluding carboxylic acids is 1. The third-order valence-electron chi connectivity index (χ3n) is 5.17. The predicted octanol–water partition coefficient (Wildman–Crippen LogP) is 1.03. The van der Waals surface area contributed by atoms with Crippen LogP contribution in [0.2, 0.25) is 0 Å². The van der Waals surface area contributed by atoms with Crippen molar-refractivity contribution in [2.75, 3.05) is 26.3 Å². The summed E-state index contributed by atoms with van der Waals surface area (Å²) in [6.45, 7) is 2.48. The van der Waals surface area contributed by atoms with Crippen LogP contribution in [0.25, 0.3) is 11.4 Å². The molecule has 2 aliphatic heterocycles. The lowest BCUT2D eigenvalue weighted by molar-refractivity contribution is -0.0566. The molecule has 2 aromatic rings. The van der Waals surface area contributed by atoms with E-state index in [9.17, 15) is 4.79 Å². The lowest BCUT2D eigenvalue weighted by Gasteiger charge is -2.34. The Morgan fingerprint density at radius 2 is 2.35 bits per heavy atom. The van der Waals surface area contributed by atoms with Crippen LogP contribution in [0, 0.1) is 0 Å². The molecule has 1 amide bonds. The van der Waals surface area contributed by atoms with E-state index in [2.05, 4.69) is 20.2 Å². The maximum atomic E-state index is 12.7. The second-order valence-corrected chi connectivity index (χ2v) is 7.00. The number of aliphatic hydroxyl groups excluding tert-OH is 1. The van der Waals surface area contributed by atoms with E-state index >= 15 is 0 Å². The number of aromatic nitrogens is 2. The lowest BCUT2D eigenvalue weighted by Crippen LogP contribution is -2.46. The van der Waals surface area contributed by atoms with Gasteiger partial charge in [-0.1, -0.05) is 12.1 Å². The number of nitrogens with zero attached hydrogens (tertiary/aromatic N) is 2. The predicted molar refractivity (Wildman–Crippen MR) is 96.7 cm³/mol. The van der Waals surface area contributed by atoms with Crippen LogP contribution in [-0.2, 0) is 4.74 Å². The number of aliphatic hydroxyl groups is 1. The molecule has 0 spiro atoms. The van der Waals surface area contributed by atoms with Crippen molar-refractivity contribution in [2.45, 2.75) is 31.0 Å². The Kier molecular flexibility index (Phi) is 5.01. The van der Waals surface area contributed by atoms with Crippen molar-refractivity contribution in [3.63, 3.8) is 0 Å². The highest BCUT2D eigenvalue weighted by Gasteiger charge is 2.37. The van der Waals surface area contributed by atoms with Gasteiger partial charge in [-0.15, -0.1) is 0 Å². The van der Waals surface area contributed by atoms with Gasteiger partial charge in [-0.25, -0.2) is 4.98 Å². The molecule has 2 fully saturated rings. The third kappa shape index (κ3) is 3.65. The maximum Gasteiger partial charge on any atom is 0.251 e. The Hall–Kier alpha value is -2.22. The number of morpholine rings is 1. The van der Waals surface area contributed by atoms with Gasteiger partial charge in [-0.05, 0) is 25.0 Å². The van der Waals surface area contributed by atoms with E-state index in [1.807, 2.05) is 24.3 Å². The van der Waals surface area contributed by atoms with E-state index in [4.69, 9.17) is 9.84 Å². The second-order valence-electron chi connectivity index (χ2n) is 7.00. The zero-order valence-corrected chi connectivity index (χ0v) is 14.6. The number of fused-ring (bicyclic) bond motifs is 1. The summed E-state index contributed by atoms with van der Waals surface area (Å²) >= 11 is 0. The first-order valence-corrected chi connectivity index (χ1v) is 9.10. The largest absolute Gasteiger partial charge is 0.396 e. The molecule has 26 heavy (non-hydrogen) atoms. The molecule has 0 unspecified atom stereocenters. The van der Waals surface area contributed by atoms with Crippen LogP contribution in [0.15, 0.2) is 36.7 Å². The fraction of sp³-hybridized carbons (Fsp3) is 0.474. The topological polar surface area (TPSA) is 90.5 Å². The van der Waals surface area contributed by atoms with Crippen LogP contribution in [0.5, 0.6) is 0 Å². The maximum absolute atomic E-state index is 12.7. The standard InChI is InChI=1S/C19H24N4O3/c24-7-4-17-11-23-10-15(9-16(23)12-26-17)22-19(25)14-3-1-2-13(8-14)18-20-5-6-21-18/h1-3,5-6,8,15-17,24H,4,7,9-12H2,(H,20,21)(H,22,25)/t15-,16+,17+/m1/s1. The van der Waals surface area contributed by atoms with E-state index in [-0.39, 0.29) is 24.7 Å². The Balaban J connectivity index is 1.38. The minimum Gasteiger partial charge on any atom is -0.396 e. The highest BCUT2D eigenvalue weighted by Crippen LogP contribution is 2.24. The summed E-state index contributed by atoms with van der Waals surface area (Å²) in [6, 6.07) is 7.96. The monoisotopic (exact) mass is 356 g/mol. The molecule has 0 aliphatic carbocycles. The summed E-state index contributed by atoms with van der Waals surface area (Å²) in [5, 5.41) is 12.2. The molecule has 1 aromatic carbocycles. The summed E-state index contributed by atoms with van der Waals surface area (Å²) in [7, 11) is 0. The van der Waals surface area contributed by atoms with Gasteiger partial charge >= 0.3 is 0 Å². The van der Waals surface area contributed by atoms with Crippen molar-refractivity contribution in [1.29, 1.82) is 0 Å². The molecular formula is C19H24N4O3. The number of benzene rings is 1. The van der Waals surface area contributed by atoms with Gasteiger partial charge in [-0.2, -0.15) is 0 Å². The number of amides is 1. The molecule has 7 nitrogen and oxygen atoms in total. The van der Waals surface area contributed by atoms with Crippen molar-refractivity contribution in [2.24, 2.45) is 0 Å². The molecule has 138 valence electrons. The van der Waals surface area contributed by atoms with Gasteiger partial charge < -0.3 is 20.1 Å². The number of hydrogen-bond acceptors (Lipinski definition) is 5. The van der Waals surface area contributed by atoms with Crippen LogP contribution in [0.4, 0.5) is 0 Å². The Labute approximate surface area is 152 Å². The van der Waals surface area contributed by atoms with Crippen molar-refractivity contribution in [3.8, 4) is 11.4 Å². The second kappa shape index (κ2) is 7.57. The molecule has 0 saturated carbocycles. The lowest BCUT2D eigenvalue weighted by atomic mass is 10.1. The molecule has 7 heteroatoms. The molecule has 2 aliphatic rings. The summed E-state index contributed by atoms with van der Waals surface area (Å²) < 4.78 is 5.80. The molecular weight excluding hydrogens is 332 g/mol. The molecule has 4 rings (SSSR count). The number of hydrogen-bond donors (Lipinski definition) is 3. The number of ether oxygens (including phenoxy) is 1. The van der Waals surface area contributed by atoms with E-state index in [0.717, 1.165) is 30.9 Å². The van der Waals surface area contributed by atoms with Gasteiger partial charge in [0.25, 0.3) is 5.91 Å². The number of H-pyrrole nitrogens is 1. The summed E-state index contributed by atoms with van der Waals surface area (Å²) in [5.41, 5.74) is 1.53. The first-order chi connectivity index (χ1) is 12.7. The van der Waals surface area contributed by atoms with Gasteiger partial charge in [0.05, 0.1) is 12.7 Å². The van der Waals surface area contributed by atoms with Crippen molar-refractivity contribution in [1.82, 2.24) is 20.2 Å². The van der Waals surface area contributed by atoms with E-state index in [1.54, 1.807) is 12.4 Å². The zero-order chi connectivity index (χ0) is 17.9. The number of rotatable bonds is 5. The molecule has 0 radical (unpaired) electrons. The zero-order valence-electron chi connectivity index (χ0n) is 14.6. The van der Waals surface area contributed by atoms with Gasteiger partial charge in [0, 0.05) is 55.3 Å². The van der Waals surface area contributed by atoms with Crippen LogP contribution in [0.3, 0.4) is 0 Å². The van der Waals surface area contributed by atoms with E-state index in [0.29, 0.717) is 24.6 Å². The SMILES string of the molecule is O=C(N[C@@H]1C[C@H]2CO[C@@H](CCO)CN2C1)c1cccc(-c2ncc[nH]2)c1. The summed E-state index contributed by atoms with van der Waals surface area (Å²) in [6.07, 6.45) is 5.12. The molecule has 3 atom stereocenters. The molecule has 2 saturated heterocycles. The first-order valence-electron chi connectivity index (χ1n) is 9.10. The highest BCUT2D eigenvalue weighted by molar-refractivity contribution is 5.95. The Morgan fingerprint density at radius 1 is 1.42 bits per heavy atom. The molecule has 3 heterocycles. The minimum absolute atomic E-state index is 0.0592. The quantitative estimate of drug-likeness (QED) is 0.744. The van der Waals surface area contributed by atoms with Crippen LogP contribution in [0.1, 0.15) is 23.2 Å². The third-order valence-corrected chi connectivity index (χ3v) is 5.17. The van der Waals surface area contributed by atoms with Gasteiger partial charge in [0.15, 0.2) is 0 Å². The number of imidazole rings is 1. The average molecular weight is 356 g/mol. The van der Waals surface area contributed by atoms with Gasteiger partial charge in [0.2, 0.25) is 0 Å². The van der Waals surface area contributed by atoms with Crippen LogP contribution < -0.4 is 5.32 Å². The fourth-order valence-corrected chi connectivity index (χ4v) is 3.87. The number of aromatic amines is 1. The average Bonchev–Trinajstić information content (AvgIpc) is 3.31. The van der Waals surface area contributed by atoms with Gasteiger partial charge in [0.1, 0.15) is 5.82 Å². The summed E-state index contributed by atoms with van der Waals surface area (Å²) in [5.74, 6) is 0.695. The normalized spacial score (nSPS) is 25.8. The van der Waals surface area contributed by atoms with Crippen molar-refractivity contribution >= 4 is 5.91 Å². The smallest absolute Gasteiger partial charge is 0.251 e. The summed E-state index contributed by atoms with van der Waals surface area (Å²) in [4.78, 5) is 22.3. The first kappa shape index (κ1) is 17.2. The van der Waals surface area contributed by atoms with Crippen molar-refractivity contribution in [3.05, 3.63) is 42.2 Å². The molecule has 3 N–H and O–H groups in total. The van der Waals surface area contributed by atoms with Crippen molar-refractivity contribution < 1.29 is 14.6 Å². The Bertz CT molecular complexity index is 749. The fourth-order valence-electron chi connectivity index (χ4n) is 3.87. The highest BCUT2D eigenvalue weighted by atomic mass is 16.5. The number of nitrogens with one attached hydrogen (secondary N) is 2. The minimum atomic E-state index is -0.0592. The van der Waals surface area contributed by atoms with Crippen LogP contribution in [-0.4, -0.2) is 70.4 Å².